The second-order valence-corrected chi connectivity index (χ2v) is 4.44. The molecule has 0 aliphatic carbocycles. The number of aryl methyl sites for hydroxylation is 1. The van der Waals surface area contributed by atoms with E-state index in [9.17, 15) is 4.79 Å². The molecule has 0 radical (unpaired) electrons. The minimum absolute atomic E-state index is 0.174. The summed E-state index contributed by atoms with van der Waals surface area (Å²) in [6, 6.07) is 16.0. The monoisotopic (exact) mass is 281 g/mol. The van der Waals surface area contributed by atoms with Crippen molar-refractivity contribution in [3.8, 4) is 11.8 Å². The molecular weight excluding hydrogens is 266 g/mol. The van der Waals surface area contributed by atoms with Crippen molar-refractivity contribution >= 4 is 5.97 Å². The molecule has 2 rings (SSSR count). The van der Waals surface area contributed by atoms with Crippen LogP contribution in [0.1, 0.15) is 21.5 Å². The van der Waals surface area contributed by atoms with E-state index in [2.05, 4.69) is 0 Å². The minimum Gasteiger partial charge on any atom is -0.490 e. The van der Waals surface area contributed by atoms with Gasteiger partial charge in [0.15, 0.2) is 0 Å². The molecule has 0 heterocycles. The lowest BCUT2D eigenvalue weighted by molar-refractivity contribution is 0.0450. The molecule has 2 aromatic rings. The number of ether oxygens (including phenoxy) is 2. The van der Waals surface area contributed by atoms with Gasteiger partial charge in [-0.1, -0.05) is 18.2 Å². The molecule has 0 spiro atoms. The van der Waals surface area contributed by atoms with E-state index in [0.29, 0.717) is 17.7 Å². The fraction of sp³-hybridized carbons (Fsp3) is 0.176. The molecule has 0 saturated carbocycles. The van der Waals surface area contributed by atoms with E-state index in [1.165, 1.54) is 0 Å². The van der Waals surface area contributed by atoms with Gasteiger partial charge >= 0.3 is 5.97 Å². The molecule has 0 aromatic heterocycles. The Kier molecular flexibility index (Phi) is 4.94. The summed E-state index contributed by atoms with van der Waals surface area (Å²) in [5, 5.41) is 8.69. The first kappa shape index (κ1) is 14.6. The Morgan fingerprint density at radius 2 is 1.81 bits per heavy atom. The Labute approximate surface area is 123 Å². The van der Waals surface area contributed by atoms with Crippen molar-refractivity contribution in [3.05, 3.63) is 65.2 Å². The number of carbonyl (C=O) groups excluding carboxylic acids is 1. The SMILES string of the molecule is Cc1ccccc1OCCOC(=O)c1ccc(C#N)cc1. The number of nitriles is 1. The Balaban J connectivity index is 1.79. The normalized spacial score (nSPS) is 9.71. The summed E-state index contributed by atoms with van der Waals surface area (Å²) in [6.07, 6.45) is 0. The molecule has 0 saturated heterocycles. The van der Waals surface area contributed by atoms with Gasteiger partial charge in [-0.15, -0.1) is 0 Å². The quantitative estimate of drug-likeness (QED) is 0.624. The number of hydrogen-bond donors (Lipinski definition) is 0. The molecule has 21 heavy (non-hydrogen) atoms. The van der Waals surface area contributed by atoms with Crippen LogP contribution in [0.25, 0.3) is 0 Å². The van der Waals surface area contributed by atoms with E-state index >= 15 is 0 Å². The predicted molar refractivity (Wildman–Crippen MR) is 78.1 cm³/mol. The van der Waals surface area contributed by atoms with E-state index < -0.39 is 5.97 Å². The molecular formula is C17H15NO3. The molecule has 0 aliphatic heterocycles. The van der Waals surface area contributed by atoms with Crippen LogP contribution in [0.4, 0.5) is 0 Å². The molecule has 0 atom stereocenters. The zero-order valence-electron chi connectivity index (χ0n) is 11.7. The lowest BCUT2D eigenvalue weighted by Crippen LogP contribution is -2.12. The number of nitrogens with zero attached hydrogens (tertiary/aromatic N) is 1. The molecule has 0 bridgehead atoms. The van der Waals surface area contributed by atoms with Crippen molar-refractivity contribution in [3.63, 3.8) is 0 Å². The summed E-state index contributed by atoms with van der Waals surface area (Å²) >= 11 is 0. The van der Waals surface area contributed by atoms with E-state index in [4.69, 9.17) is 14.7 Å². The summed E-state index contributed by atoms with van der Waals surface area (Å²) < 4.78 is 10.7. The topological polar surface area (TPSA) is 59.3 Å². The summed E-state index contributed by atoms with van der Waals surface area (Å²) in [5.74, 6) is 0.361. The Hall–Kier alpha value is -2.80. The number of para-hydroxylation sites is 1. The van der Waals surface area contributed by atoms with Crippen molar-refractivity contribution in [2.24, 2.45) is 0 Å². The zero-order valence-corrected chi connectivity index (χ0v) is 11.7. The standard InChI is InChI=1S/C17H15NO3/c1-13-4-2-3-5-16(13)20-10-11-21-17(19)15-8-6-14(12-18)7-9-15/h2-9H,10-11H2,1H3. The largest absolute Gasteiger partial charge is 0.490 e. The van der Waals surface area contributed by atoms with Crippen LogP contribution < -0.4 is 4.74 Å². The Morgan fingerprint density at radius 3 is 2.48 bits per heavy atom. The van der Waals surface area contributed by atoms with Gasteiger partial charge in [-0.3, -0.25) is 0 Å². The fourth-order valence-corrected chi connectivity index (χ4v) is 1.77. The number of carbonyl (C=O) groups is 1. The maximum Gasteiger partial charge on any atom is 0.338 e. The third-order valence-corrected chi connectivity index (χ3v) is 2.92. The highest BCUT2D eigenvalue weighted by Gasteiger charge is 2.07. The second kappa shape index (κ2) is 7.11. The number of esters is 1. The molecule has 0 aliphatic rings. The number of hydrogen-bond acceptors (Lipinski definition) is 4. The minimum atomic E-state index is -0.423. The van der Waals surface area contributed by atoms with Crippen LogP contribution in [0.3, 0.4) is 0 Å². The van der Waals surface area contributed by atoms with Crippen LogP contribution in [0.2, 0.25) is 0 Å². The maximum atomic E-state index is 11.8. The first-order chi connectivity index (χ1) is 10.2. The summed E-state index contributed by atoms with van der Waals surface area (Å²) in [7, 11) is 0. The van der Waals surface area contributed by atoms with Gasteiger partial charge in [-0.2, -0.15) is 5.26 Å². The fourth-order valence-electron chi connectivity index (χ4n) is 1.77. The molecule has 0 unspecified atom stereocenters. The third-order valence-electron chi connectivity index (χ3n) is 2.92. The highest BCUT2D eigenvalue weighted by atomic mass is 16.6. The number of benzene rings is 2. The molecule has 0 amide bonds. The van der Waals surface area contributed by atoms with Crippen molar-refractivity contribution in [2.75, 3.05) is 13.2 Å². The Morgan fingerprint density at radius 1 is 1.10 bits per heavy atom. The van der Waals surface area contributed by atoms with Gasteiger partial charge in [-0.05, 0) is 42.8 Å². The highest BCUT2D eigenvalue weighted by Crippen LogP contribution is 2.15. The maximum absolute atomic E-state index is 11.8. The van der Waals surface area contributed by atoms with Gasteiger partial charge in [0.05, 0.1) is 17.2 Å². The molecule has 4 heteroatoms. The predicted octanol–water partition coefficient (Wildman–Crippen LogP) is 3.10. The van der Waals surface area contributed by atoms with Gasteiger partial charge in [0.2, 0.25) is 0 Å². The van der Waals surface area contributed by atoms with Crippen molar-refractivity contribution < 1.29 is 14.3 Å². The van der Waals surface area contributed by atoms with Crippen LogP contribution in [-0.4, -0.2) is 19.2 Å². The number of rotatable bonds is 5. The van der Waals surface area contributed by atoms with E-state index in [1.807, 2.05) is 37.3 Å². The van der Waals surface area contributed by atoms with Crippen molar-refractivity contribution in [1.29, 1.82) is 5.26 Å². The van der Waals surface area contributed by atoms with E-state index in [-0.39, 0.29) is 6.61 Å². The van der Waals surface area contributed by atoms with Crippen molar-refractivity contribution in [1.82, 2.24) is 0 Å². The zero-order chi connectivity index (χ0) is 15.1. The average Bonchev–Trinajstić information content (AvgIpc) is 2.53. The summed E-state index contributed by atoms with van der Waals surface area (Å²) in [4.78, 5) is 11.8. The molecule has 0 N–H and O–H groups in total. The van der Waals surface area contributed by atoms with Gasteiger partial charge < -0.3 is 9.47 Å². The van der Waals surface area contributed by atoms with Crippen LogP contribution in [0.15, 0.2) is 48.5 Å². The smallest absolute Gasteiger partial charge is 0.338 e. The molecule has 2 aromatic carbocycles. The van der Waals surface area contributed by atoms with Crippen molar-refractivity contribution in [2.45, 2.75) is 6.92 Å². The molecule has 106 valence electrons. The van der Waals surface area contributed by atoms with E-state index in [0.717, 1.165) is 11.3 Å². The average molecular weight is 281 g/mol. The Bertz CT molecular complexity index is 656. The lowest BCUT2D eigenvalue weighted by Gasteiger charge is -2.09. The van der Waals surface area contributed by atoms with Crippen LogP contribution in [0, 0.1) is 18.3 Å². The van der Waals surface area contributed by atoms with Gasteiger partial charge in [0.25, 0.3) is 0 Å². The van der Waals surface area contributed by atoms with Gasteiger partial charge in [-0.25, -0.2) is 4.79 Å². The first-order valence-corrected chi connectivity index (χ1v) is 6.56. The van der Waals surface area contributed by atoms with Gasteiger partial charge in [0, 0.05) is 0 Å². The first-order valence-electron chi connectivity index (χ1n) is 6.56. The van der Waals surface area contributed by atoms with Crippen LogP contribution in [-0.2, 0) is 4.74 Å². The van der Waals surface area contributed by atoms with E-state index in [1.54, 1.807) is 24.3 Å². The van der Waals surface area contributed by atoms with Crippen LogP contribution >= 0.6 is 0 Å². The summed E-state index contributed by atoms with van der Waals surface area (Å²) in [6.45, 7) is 2.43. The lowest BCUT2D eigenvalue weighted by atomic mass is 10.1. The van der Waals surface area contributed by atoms with Gasteiger partial charge in [0.1, 0.15) is 19.0 Å². The third kappa shape index (κ3) is 4.08. The molecule has 0 fully saturated rings. The van der Waals surface area contributed by atoms with Crippen LogP contribution in [0.5, 0.6) is 5.75 Å². The highest BCUT2D eigenvalue weighted by molar-refractivity contribution is 5.89. The summed E-state index contributed by atoms with van der Waals surface area (Å²) in [5.41, 5.74) is 1.97. The molecule has 4 nitrogen and oxygen atoms in total. The second-order valence-electron chi connectivity index (χ2n) is 4.44.